The molecule has 0 N–H and O–H groups in total. The lowest BCUT2D eigenvalue weighted by molar-refractivity contribution is 0.103. The van der Waals surface area contributed by atoms with Gasteiger partial charge in [-0.3, -0.25) is 9.78 Å². The molecule has 2 nitrogen and oxygen atoms in total. The molecule has 0 radical (unpaired) electrons. The van der Waals surface area contributed by atoms with E-state index in [0.29, 0.717) is 20.6 Å². The van der Waals surface area contributed by atoms with Crippen molar-refractivity contribution < 1.29 is 4.79 Å². The minimum Gasteiger partial charge on any atom is -0.289 e. The van der Waals surface area contributed by atoms with Crippen LogP contribution in [0.15, 0.2) is 59.2 Å². The molecule has 0 fully saturated rings. The molecule has 0 saturated heterocycles. The molecule has 0 aliphatic rings. The van der Waals surface area contributed by atoms with E-state index >= 15 is 0 Å². The van der Waals surface area contributed by atoms with Crippen LogP contribution in [0.3, 0.4) is 0 Å². The van der Waals surface area contributed by atoms with Gasteiger partial charge in [0.2, 0.25) is 0 Å². The van der Waals surface area contributed by atoms with Gasteiger partial charge in [0.05, 0.1) is 10.5 Å². The number of carbonyl (C=O) groups excluding carboxylic acids is 1. The van der Waals surface area contributed by atoms with Gasteiger partial charge in [0.1, 0.15) is 0 Å². The average molecular weight is 347 g/mol. The monoisotopic (exact) mass is 345 g/mol. The number of hydrogen-bond donors (Lipinski definition) is 0. The minimum atomic E-state index is -0.0464. The minimum absolute atomic E-state index is 0.0464. The Morgan fingerprint density at radius 2 is 1.80 bits per heavy atom. The molecule has 0 spiro atoms. The molecule has 0 aliphatic heterocycles. The number of rotatable bonds is 2. The predicted octanol–water partition coefficient (Wildman–Crippen LogP) is 4.88. The summed E-state index contributed by atoms with van der Waals surface area (Å²) in [7, 11) is 0. The fourth-order valence-electron chi connectivity index (χ4n) is 2.01. The van der Waals surface area contributed by atoms with Gasteiger partial charge in [-0.15, -0.1) is 0 Å². The molecule has 4 heteroatoms. The van der Waals surface area contributed by atoms with E-state index < -0.39 is 0 Å². The Morgan fingerprint density at radius 1 is 1.05 bits per heavy atom. The van der Waals surface area contributed by atoms with E-state index in [9.17, 15) is 4.79 Å². The van der Waals surface area contributed by atoms with Crippen LogP contribution in [0.1, 0.15) is 15.9 Å². The Labute approximate surface area is 129 Å². The quantitative estimate of drug-likeness (QED) is 0.619. The van der Waals surface area contributed by atoms with Crippen molar-refractivity contribution in [2.75, 3.05) is 0 Å². The molecule has 20 heavy (non-hydrogen) atoms. The maximum atomic E-state index is 12.5. The van der Waals surface area contributed by atoms with E-state index in [-0.39, 0.29) is 5.78 Å². The lowest BCUT2D eigenvalue weighted by Crippen LogP contribution is -2.01. The number of nitrogens with zero attached hydrogens (tertiary/aromatic N) is 1. The van der Waals surface area contributed by atoms with Crippen LogP contribution in [0.25, 0.3) is 10.9 Å². The summed E-state index contributed by atoms with van der Waals surface area (Å²) in [6, 6.07) is 14.5. The maximum Gasteiger partial charge on any atom is 0.193 e. The van der Waals surface area contributed by atoms with Crippen molar-refractivity contribution in [1.29, 1.82) is 0 Å². The van der Waals surface area contributed by atoms with E-state index in [1.165, 1.54) is 0 Å². The predicted molar refractivity (Wildman–Crippen MR) is 84.3 cm³/mol. The molecular weight excluding hydrogens is 338 g/mol. The van der Waals surface area contributed by atoms with Crippen LogP contribution < -0.4 is 0 Å². The number of hydrogen-bond acceptors (Lipinski definition) is 2. The van der Waals surface area contributed by atoms with E-state index in [0.717, 1.165) is 10.9 Å². The summed E-state index contributed by atoms with van der Waals surface area (Å²) >= 11 is 9.27. The molecule has 0 unspecified atom stereocenters. The van der Waals surface area contributed by atoms with Gasteiger partial charge in [-0.05, 0) is 46.3 Å². The fourth-order valence-corrected chi connectivity index (χ4v) is 2.51. The first-order valence-corrected chi connectivity index (χ1v) is 7.17. The van der Waals surface area contributed by atoms with Gasteiger partial charge >= 0.3 is 0 Å². The molecule has 3 rings (SSSR count). The molecule has 3 aromatic rings. The van der Waals surface area contributed by atoms with Crippen LogP contribution in [0.5, 0.6) is 0 Å². The molecule has 1 heterocycles. The molecule has 0 bridgehead atoms. The van der Waals surface area contributed by atoms with Crippen molar-refractivity contribution in [2.24, 2.45) is 0 Å². The summed E-state index contributed by atoms with van der Waals surface area (Å²) in [6.45, 7) is 0. The van der Waals surface area contributed by atoms with Crippen molar-refractivity contribution in [3.63, 3.8) is 0 Å². The van der Waals surface area contributed by atoms with Crippen LogP contribution in [-0.2, 0) is 0 Å². The Morgan fingerprint density at radius 3 is 2.60 bits per heavy atom. The fraction of sp³-hybridized carbons (Fsp3) is 0. The number of pyridine rings is 1. The standard InChI is InChI=1S/C16H9BrClNO/c17-13-8-11(5-6-14(13)18)16(20)12-4-3-10-2-1-7-19-15(10)9-12/h1-9H. The average Bonchev–Trinajstić information content (AvgIpc) is 2.49. The highest BCUT2D eigenvalue weighted by Crippen LogP contribution is 2.25. The molecule has 0 atom stereocenters. The first-order chi connectivity index (χ1) is 9.65. The highest BCUT2D eigenvalue weighted by Gasteiger charge is 2.11. The summed E-state index contributed by atoms with van der Waals surface area (Å²) in [5.41, 5.74) is 2.02. The molecule has 2 aromatic carbocycles. The Balaban J connectivity index is 2.05. The van der Waals surface area contributed by atoms with Crippen LogP contribution in [0, 0.1) is 0 Å². The number of benzene rings is 2. The van der Waals surface area contributed by atoms with E-state index in [1.807, 2.05) is 24.3 Å². The van der Waals surface area contributed by atoms with Crippen molar-refractivity contribution in [3.8, 4) is 0 Å². The van der Waals surface area contributed by atoms with Crippen molar-refractivity contribution >= 4 is 44.2 Å². The van der Waals surface area contributed by atoms with Crippen LogP contribution in [0.2, 0.25) is 5.02 Å². The van der Waals surface area contributed by atoms with Gasteiger partial charge in [0.15, 0.2) is 5.78 Å². The van der Waals surface area contributed by atoms with E-state index in [2.05, 4.69) is 20.9 Å². The molecule has 0 saturated carbocycles. The summed E-state index contributed by atoms with van der Waals surface area (Å²) in [5.74, 6) is -0.0464. The lowest BCUT2D eigenvalue weighted by atomic mass is 10.0. The van der Waals surface area contributed by atoms with Gasteiger partial charge in [0, 0.05) is 27.2 Å². The van der Waals surface area contributed by atoms with E-state index in [4.69, 9.17) is 11.6 Å². The second-order valence-electron chi connectivity index (χ2n) is 4.37. The number of ketones is 1. The number of fused-ring (bicyclic) bond motifs is 1. The van der Waals surface area contributed by atoms with Gasteiger partial charge in [-0.25, -0.2) is 0 Å². The topological polar surface area (TPSA) is 30.0 Å². The normalized spacial score (nSPS) is 10.7. The largest absolute Gasteiger partial charge is 0.289 e. The third-order valence-electron chi connectivity index (χ3n) is 3.05. The molecular formula is C16H9BrClNO. The summed E-state index contributed by atoms with van der Waals surface area (Å²) in [6.07, 6.45) is 1.72. The van der Waals surface area contributed by atoms with Gasteiger partial charge in [-0.1, -0.05) is 29.8 Å². The first-order valence-electron chi connectivity index (χ1n) is 6.00. The molecule has 0 aliphatic carbocycles. The maximum absolute atomic E-state index is 12.5. The zero-order valence-electron chi connectivity index (χ0n) is 10.3. The Hall–Kier alpha value is -1.71. The van der Waals surface area contributed by atoms with Gasteiger partial charge in [0.25, 0.3) is 0 Å². The number of carbonyl (C=O) groups is 1. The first kappa shape index (κ1) is 13.3. The number of halogens is 2. The highest BCUT2D eigenvalue weighted by molar-refractivity contribution is 9.10. The van der Waals surface area contributed by atoms with Crippen LogP contribution in [0.4, 0.5) is 0 Å². The summed E-state index contributed by atoms with van der Waals surface area (Å²) in [5, 5.41) is 1.60. The van der Waals surface area contributed by atoms with Crippen LogP contribution in [-0.4, -0.2) is 10.8 Å². The zero-order chi connectivity index (χ0) is 14.1. The van der Waals surface area contributed by atoms with Crippen molar-refractivity contribution in [2.45, 2.75) is 0 Å². The Kier molecular flexibility index (Phi) is 3.55. The lowest BCUT2D eigenvalue weighted by Gasteiger charge is -2.04. The van der Waals surface area contributed by atoms with Crippen molar-refractivity contribution in [1.82, 2.24) is 4.98 Å². The second kappa shape index (κ2) is 5.35. The summed E-state index contributed by atoms with van der Waals surface area (Å²) in [4.78, 5) is 16.7. The molecule has 98 valence electrons. The van der Waals surface area contributed by atoms with Crippen molar-refractivity contribution in [3.05, 3.63) is 75.4 Å². The second-order valence-corrected chi connectivity index (χ2v) is 5.63. The molecule has 1 aromatic heterocycles. The van der Waals surface area contributed by atoms with Gasteiger partial charge < -0.3 is 0 Å². The summed E-state index contributed by atoms with van der Waals surface area (Å²) < 4.78 is 0.712. The zero-order valence-corrected chi connectivity index (χ0v) is 12.6. The molecule has 0 amide bonds. The van der Waals surface area contributed by atoms with E-state index in [1.54, 1.807) is 30.5 Å². The van der Waals surface area contributed by atoms with Crippen LogP contribution >= 0.6 is 27.5 Å². The Bertz CT molecular complexity index is 816. The SMILES string of the molecule is O=C(c1ccc(Cl)c(Br)c1)c1ccc2cccnc2c1. The number of aromatic nitrogens is 1. The third kappa shape index (κ3) is 2.47. The third-order valence-corrected chi connectivity index (χ3v) is 4.26. The van der Waals surface area contributed by atoms with Gasteiger partial charge in [-0.2, -0.15) is 0 Å². The highest BCUT2D eigenvalue weighted by atomic mass is 79.9. The smallest absolute Gasteiger partial charge is 0.193 e.